The van der Waals surface area contributed by atoms with Crippen molar-refractivity contribution in [2.45, 2.75) is 18.8 Å². The van der Waals surface area contributed by atoms with Crippen molar-refractivity contribution in [3.8, 4) is 0 Å². The Morgan fingerprint density at radius 1 is 1.19 bits per heavy atom. The normalized spacial score (nSPS) is 16.8. The Morgan fingerprint density at radius 2 is 1.94 bits per heavy atom. The molecule has 6 nitrogen and oxygen atoms in total. The fraction of sp³-hybridized carbons (Fsp3) is 0.286. The number of anilines is 1. The highest BCUT2D eigenvalue weighted by molar-refractivity contribution is 7.12. The fourth-order valence-corrected chi connectivity index (χ4v) is 4.29. The molecule has 0 aliphatic carbocycles. The van der Waals surface area contributed by atoms with Crippen LogP contribution in [0.25, 0.3) is 5.57 Å². The van der Waals surface area contributed by atoms with Gasteiger partial charge in [0.25, 0.3) is 0 Å². The number of nitrogens with zero attached hydrogens (tertiary/aromatic N) is 4. The van der Waals surface area contributed by atoms with Crippen molar-refractivity contribution in [1.82, 2.24) is 14.5 Å². The molecule has 1 aliphatic rings. The first-order valence-corrected chi connectivity index (χ1v) is 10.4. The van der Waals surface area contributed by atoms with Gasteiger partial charge in [-0.2, -0.15) is 18.2 Å². The standard InChI is InChI=1S/C21H18F4N4O2S/c1-31-17-11-28(9-8-16(17)13-2-4-14(22)5-3-13)19-26-12-29(20(30)27-19)10-15-6-7-18(32-15)21(23,24)25/h2-8,12,17H,9-11H2,1H3. The van der Waals surface area contributed by atoms with E-state index in [-0.39, 0.29) is 24.4 Å². The highest BCUT2D eigenvalue weighted by atomic mass is 32.1. The summed E-state index contributed by atoms with van der Waals surface area (Å²) in [5, 5.41) is 0. The van der Waals surface area contributed by atoms with Crippen LogP contribution >= 0.6 is 11.3 Å². The molecular formula is C21H18F4N4O2S. The molecule has 1 aromatic carbocycles. The van der Waals surface area contributed by atoms with Gasteiger partial charge in [-0.25, -0.2) is 14.2 Å². The van der Waals surface area contributed by atoms with Crippen molar-refractivity contribution in [2.75, 3.05) is 25.1 Å². The molecule has 1 unspecified atom stereocenters. The van der Waals surface area contributed by atoms with E-state index in [0.717, 1.165) is 21.8 Å². The average molecular weight is 466 g/mol. The zero-order chi connectivity index (χ0) is 22.9. The van der Waals surface area contributed by atoms with E-state index in [9.17, 15) is 22.4 Å². The maximum absolute atomic E-state index is 13.2. The second-order valence-corrected chi connectivity index (χ2v) is 8.29. The third kappa shape index (κ3) is 4.73. The monoisotopic (exact) mass is 466 g/mol. The van der Waals surface area contributed by atoms with Crippen LogP contribution in [0.4, 0.5) is 23.5 Å². The maximum Gasteiger partial charge on any atom is 0.425 e. The lowest BCUT2D eigenvalue weighted by Gasteiger charge is -2.32. The van der Waals surface area contributed by atoms with Crippen LogP contribution in [-0.2, 0) is 17.5 Å². The lowest BCUT2D eigenvalue weighted by molar-refractivity contribution is -0.134. The van der Waals surface area contributed by atoms with E-state index in [1.54, 1.807) is 24.1 Å². The van der Waals surface area contributed by atoms with Crippen LogP contribution in [0, 0.1) is 5.82 Å². The van der Waals surface area contributed by atoms with Gasteiger partial charge in [-0.15, -0.1) is 11.3 Å². The molecule has 0 saturated heterocycles. The number of methoxy groups -OCH3 is 1. The zero-order valence-electron chi connectivity index (χ0n) is 16.8. The summed E-state index contributed by atoms with van der Waals surface area (Å²) >= 11 is 0.579. The van der Waals surface area contributed by atoms with E-state index in [1.807, 2.05) is 6.08 Å². The number of hydrogen-bond donors (Lipinski definition) is 0. The van der Waals surface area contributed by atoms with E-state index < -0.39 is 16.7 Å². The Morgan fingerprint density at radius 3 is 2.56 bits per heavy atom. The summed E-state index contributed by atoms with van der Waals surface area (Å²) in [4.78, 5) is 22.1. The number of benzene rings is 1. The quantitative estimate of drug-likeness (QED) is 0.535. The molecule has 0 bridgehead atoms. The number of thiophene rings is 1. The largest absolute Gasteiger partial charge is 0.425 e. The first kappa shape index (κ1) is 22.2. The molecular weight excluding hydrogens is 448 g/mol. The smallest absolute Gasteiger partial charge is 0.375 e. The van der Waals surface area contributed by atoms with Gasteiger partial charge in [0.2, 0.25) is 5.95 Å². The number of halogens is 4. The van der Waals surface area contributed by atoms with Crippen LogP contribution in [0.1, 0.15) is 15.3 Å². The average Bonchev–Trinajstić information content (AvgIpc) is 3.25. The second kappa shape index (κ2) is 8.83. The van der Waals surface area contributed by atoms with Crippen molar-refractivity contribution in [1.29, 1.82) is 0 Å². The molecule has 0 fully saturated rings. The molecule has 0 radical (unpaired) electrons. The van der Waals surface area contributed by atoms with Crippen LogP contribution < -0.4 is 10.6 Å². The summed E-state index contributed by atoms with van der Waals surface area (Å²) in [6.45, 7) is 0.744. The van der Waals surface area contributed by atoms with Gasteiger partial charge < -0.3 is 9.64 Å². The molecule has 3 aromatic rings. The highest BCUT2D eigenvalue weighted by Gasteiger charge is 2.32. The van der Waals surface area contributed by atoms with Crippen LogP contribution in [0.15, 0.2) is 53.6 Å². The number of alkyl halides is 3. The topological polar surface area (TPSA) is 60.2 Å². The Kier molecular flexibility index (Phi) is 6.11. The highest BCUT2D eigenvalue weighted by Crippen LogP contribution is 2.34. The van der Waals surface area contributed by atoms with Gasteiger partial charge in [-0.3, -0.25) is 4.57 Å². The summed E-state index contributed by atoms with van der Waals surface area (Å²) in [6.07, 6.45) is -1.57. The Labute approximate surface area is 184 Å². The predicted molar refractivity (Wildman–Crippen MR) is 112 cm³/mol. The fourth-order valence-electron chi connectivity index (χ4n) is 3.42. The Bertz CT molecular complexity index is 1190. The van der Waals surface area contributed by atoms with E-state index in [1.165, 1.54) is 24.5 Å². The minimum absolute atomic E-state index is 0.0465. The van der Waals surface area contributed by atoms with Gasteiger partial charge in [0.05, 0.1) is 19.2 Å². The molecule has 0 spiro atoms. The summed E-state index contributed by atoms with van der Waals surface area (Å²) in [7, 11) is 1.56. The maximum atomic E-state index is 13.2. The molecule has 168 valence electrons. The lowest BCUT2D eigenvalue weighted by Crippen LogP contribution is -2.40. The van der Waals surface area contributed by atoms with Gasteiger partial charge >= 0.3 is 11.9 Å². The Hall–Kier alpha value is -3.05. The van der Waals surface area contributed by atoms with E-state index in [0.29, 0.717) is 29.3 Å². The second-order valence-electron chi connectivity index (χ2n) is 7.13. The van der Waals surface area contributed by atoms with Crippen LogP contribution in [0.3, 0.4) is 0 Å². The number of aromatic nitrogens is 3. The van der Waals surface area contributed by atoms with Crippen LogP contribution in [0.2, 0.25) is 0 Å². The van der Waals surface area contributed by atoms with Gasteiger partial charge in [-0.1, -0.05) is 18.2 Å². The molecule has 32 heavy (non-hydrogen) atoms. The summed E-state index contributed by atoms with van der Waals surface area (Å²) < 4.78 is 58.3. The first-order chi connectivity index (χ1) is 15.2. The summed E-state index contributed by atoms with van der Waals surface area (Å²) in [6, 6.07) is 8.44. The Balaban J connectivity index is 1.51. The molecule has 0 saturated carbocycles. The van der Waals surface area contributed by atoms with Crippen LogP contribution in [0.5, 0.6) is 0 Å². The van der Waals surface area contributed by atoms with Crippen molar-refractivity contribution >= 4 is 22.9 Å². The van der Waals surface area contributed by atoms with Crippen LogP contribution in [-0.4, -0.2) is 40.8 Å². The SMILES string of the molecule is COC1CN(c2ncn(Cc3ccc(C(F)(F)F)s3)c(=O)n2)CC=C1c1ccc(F)cc1. The molecule has 4 rings (SSSR count). The molecule has 3 heterocycles. The summed E-state index contributed by atoms with van der Waals surface area (Å²) in [5.74, 6) is -0.128. The van der Waals surface area contributed by atoms with E-state index in [4.69, 9.17) is 4.74 Å². The van der Waals surface area contributed by atoms with Crippen molar-refractivity contribution < 1.29 is 22.3 Å². The van der Waals surface area contributed by atoms with Gasteiger partial charge in [0.15, 0.2) is 0 Å². The third-order valence-electron chi connectivity index (χ3n) is 5.03. The number of rotatable bonds is 5. The number of hydrogen-bond acceptors (Lipinski definition) is 6. The van der Waals surface area contributed by atoms with Gasteiger partial charge in [0, 0.05) is 18.5 Å². The zero-order valence-corrected chi connectivity index (χ0v) is 17.7. The minimum atomic E-state index is -4.42. The van der Waals surface area contributed by atoms with Gasteiger partial charge in [-0.05, 0) is 35.4 Å². The lowest BCUT2D eigenvalue weighted by atomic mass is 9.97. The summed E-state index contributed by atoms with van der Waals surface area (Å²) in [5.41, 5.74) is 1.12. The predicted octanol–water partition coefficient (Wildman–Crippen LogP) is 3.82. The van der Waals surface area contributed by atoms with Crippen molar-refractivity contribution in [3.63, 3.8) is 0 Å². The first-order valence-electron chi connectivity index (χ1n) is 9.57. The van der Waals surface area contributed by atoms with E-state index in [2.05, 4.69) is 9.97 Å². The van der Waals surface area contributed by atoms with Crippen molar-refractivity contribution in [2.24, 2.45) is 0 Å². The molecule has 1 aliphatic heterocycles. The molecule has 0 N–H and O–H groups in total. The molecule has 0 amide bonds. The minimum Gasteiger partial charge on any atom is -0.375 e. The van der Waals surface area contributed by atoms with Crippen molar-refractivity contribution in [3.05, 3.63) is 80.4 Å². The third-order valence-corrected chi connectivity index (χ3v) is 6.15. The molecule has 11 heteroatoms. The molecule has 1 atom stereocenters. The van der Waals surface area contributed by atoms with E-state index >= 15 is 0 Å². The molecule has 2 aromatic heterocycles. The van der Waals surface area contributed by atoms with Gasteiger partial charge in [0.1, 0.15) is 17.0 Å². The number of ether oxygens (including phenoxy) is 1.